The third-order valence-electron chi connectivity index (χ3n) is 2.81. The molecule has 2 atom stereocenters. The predicted octanol–water partition coefficient (Wildman–Crippen LogP) is 1.20. The number of rotatable bonds is 3. The molecule has 2 nitrogen and oxygen atoms in total. The summed E-state index contributed by atoms with van der Waals surface area (Å²) in [5.41, 5.74) is 0. The first-order valence-electron chi connectivity index (χ1n) is 4.71. The van der Waals surface area contributed by atoms with Gasteiger partial charge in [0.05, 0.1) is 0 Å². The first-order valence-corrected chi connectivity index (χ1v) is 4.71. The van der Waals surface area contributed by atoms with E-state index in [1.54, 1.807) is 0 Å². The van der Waals surface area contributed by atoms with Crippen LogP contribution in [0.15, 0.2) is 0 Å². The molecule has 0 saturated carbocycles. The van der Waals surface area contributed by atoms with Gasteiger partial charge in [-0.2, -0.15) is 0 Å². The Bertz CT molecular complexity index is 153. The van der Waals surface area contributed by atoms with E-state index in [1.807, 2.05) is 7.05 Å². The number of hydrogen-bond donors (Lipinski definition) is 1. The fourth-order valence-electron chi connectivity index (χ4n) is 2.00. The number of likely N-dealkylation sites (tertiary alicyclic amines) is 1. The molecule has 1 N–H and O–H groups in total. The van der Waals surface area contributed by atoms with Crippen LogP contribution in [0.1, 0.15) is 12.8 Å². The minimum atomic E-state index is -2.24. The first kappa shape index (κ1) is 10.9. The van der Waals surface area contributed by atoms with Crippen molar-refractivity contribution < 1.29 is 13.9 Å². The summed E-state index contributed by atoms with van der Waals surface area (Å²) in [6.07, 6.45) is -1.48. The van der Waals surface area contributed by atoms with Crippen LogP contribution in [0.3, 0.4) is 0 Å². The monoisotopic (exact) mass is 193 g/mol. The standard InChI is InChI=1S/C9H17F2NO/c1-12-3-2-7(6-13)8(5-12)4-9(10)11/h7-9,13H,2-6H2,1H3. The van der Waals surface area contributed by atoms with Crippen LogP contribution in [0.25, 0.3) is 0 Å². The van der Waals surface area contributed by atoms with Gasteiger partial charge in [0, 0.05) is 19.6 Å². The summed E-state index contributed by atoms with van der Waals surface area (Å²) in [6.45, 7) is 1.64. The molecule has 2 unspecified atom stereocenters. The van der Waals surface area contributed by atoms with Gasteiger partial charge in [0.2, 0.25) is 6.43 Å². The molecule has 78 valence electrons. The smallest absolute Gasteiger partial charge is 0.239 e. The van der Waals surface area contributed by atoms with E-state index in [0.717, 1.165) is 13.0 Å². The third-order valence-corrected chi connectivity index (χ3v) is 2.81. The fraction of sp³-hybridized carbons (Fsp3) is 1.00. The zero-order valence-electron chi connectivity index (χ0n) is 7.92. The number of aliphatic hydroxyl groups is 1. The maximum Gasteiger partial charge on any atom is 0.239 e. The van der Waals surface area contributed by atoms with Crippen LogP contribution < -0.4 is 0 Å². The van der Waals surface area contributed by atoms with Gasteiger partial charge < -0.3 is 10.0 Å². The van der Waals surface area contributed by atoms with Crippen molar-refractivity contribution >= 4 is 0 Å². The normalized spacial score (nSPS) is 31.2. The highest BCUT2D eigenvalue weighted by Crippen LogP contribution is 2.27. The van der Waals surface area contributed by atoms with Crippen molar-refractivity contribution in [3.05, 3.63) is 0 Å². The summed E-state index contributed by atoms with van der Waals surface area (Å²) in [7, 11) is 1.94. The highest BCUT2D eigenvalue weighted by molar-refractivity contribution is 4.79. The van der Waals surface area contributed by atoms with Gasteiger partial charge in [-0.15, -0.1) is 0 Å². The lowest BCUT2D eigenvalue weighted by molar-refractivity contribution is 0.0368. The Balaban J connectivity index is 2.44. The Morgan fingerprint density at radius 2 is 2.15 bits per heavy atom. The number of piperidine rings is 1. The minimum Gasteiger partial charge on any atom is -0.396 e. The van der Waals surface area contributed by atoms with Crippen molar-refractivity contribution in [2.75, 3.05) is 26.7 Å². The molecule has 4 heteroatoms. The Kier molecular flexibility index (Phi) is 4.06. The molecule has 1 saturated heterocycles. The van der Waals surface area contributed by atoms with E-state index >= 15 is 0 Å². The van der Waals surface area contributed by atoms with Crippen molar-refractivity contribution in [2.45, 2.75) is 19.3 Å². The molecular formula is C9H17F2NO. The molecule has 13 heavy (non-hydrogen) atoms. The molecule has 1 aliphatic heterocycles. The molecule has 1 fully saturated rings. The van der Waals surface area contributed by atoms with Gasteiger partial charge in [-0.1, -0.05) is 0 Å². The highest BCUT2D eigenvalue weighted by atomic mass is 19.3. The highest BCUT2D eigenvalue weighted by Gasteiger charge is 2.29. The quantitative estimate of drug-likeness (QED) is 0.728. The summed E-state index contributed by atoms with van der Waals surface area (Å²) in [4.78, 5) is 2.05. The van der Waals surface area contributed by atoms with Gasteiger partial charge in [0.1, 0.15) is 0 Å². The number of nitrogens with zero attached hydrogens (tertiary/aromatic N) is 1. The molecule has 0 spiro atoms. The van der Waals surface area contributed by atoms with E-state index < -0.39 is 6.43 Å². The van der Waals surface area contributed by atoms with Gasteiger partial charge in [-0.3, -0.25) is 0 Å². The molecule has 0 bridgehead atoms. The van der Waals surface area contributed by atoms with Crippen LogP contribution in [0.4, 0.5) is 8.78 Å². The Labute approximate surface area is 77.5 Å². The molecule has 0 aromatic heterocycles. The largest absolute Gasteiger partial charge is 0.396 e. The maximum atomic E-state index is 12.2. The zero-order chi connectivity index (χ0) is 9.84. The summed E-state index contributed by atoms with van der Waals surface area (Å²) in [6, 6.07) is 0. The number of hydrogen-bond acceptors (Lipinski definition) is 2. The van der Waals surface area contributed by atoms with E-state index in [0.29, 0.717) is 6.54 Å². The Morgan fingerprint density at radius 3 is 2.69 bits per heavy atom. The molecule has 0 amide bonds. The summed E-state index contributed by atoms with van der Waals surface area (Å²) in [5.74, 6) is 0.0361. The molecule has 0 aromatic carbocycles. The van der Waals surface area contributed by atoms with Crippen molar-refractivity contribution in [1.82, 2.24) is 4.90 Å². The summed E-state index contributed by atoms with van der Waals surface area (Å²) < 4.78 is 24.3. The van der Waals surface area contributed by atoms with E-state index in [-0.39, 0.29) is 24.9 Å². The number of halogens is 2. The summed E-state index contributed by atoms with van der Waals surface area (Å²) in [5, 5.41) is 9.00. The van der Waals surface area contributed by atoms with Crippen molar-refractivity contribution in [2.24, 2.45) is 11.8 Å². The van der Waals surface area contributed by atoms with Crippen molar-refractivity contribution in [3.63, 3.8) is 0 Å². The Hall–Kier alpha value is -0.220. The fourth-order valence-corrected chi connectivity index (χ4v) is 2.00. The van der Waals surface area contributed by atoms with Gasteiger partial charge in [-0.25, -0.2) is 8.78 Å². The van der Waals surface area contributed by atoms with E-state index in [2.05, 4.69) is 4.90 Å². The zero-order valence-corrected chi connectivity index (χ0v) is 7.92. The second-order valence-electron chi connectivity index (χ2n) is 3.88. The Morgan fingerprint density at radius 1 is 1.46 bits per heavy atom. The van der Waals surface area contributed by atoms with Crippen LogP contribution >= 0.6 is 0 Å². The average molecular weight is 193 g/mol. The molecular weight excluding hydrogens is 176 g/mol. The number of aliphatic hydroxyl groups excluding tert-OH is 1. The topological polar surface area (TPSA) is 23.5 Å². The van der Waals surface area contributed by atoms with Gasteiger partial charge in [0.15, 0.2) is 0 Å². The second-order valence-corrected chi connectivity index (χ2v) is 3.88. The van der Waals surface area contributed by atoms with Crippen molar-refractivity contribution in [1.29, 1.82) is 0 Å². The van der Waals surface area contributed by atoms with Gasteiger partial charge >= 0.3 is 0 Å². The van der Waals surface area contributed by atoms with Crippen LogP contribution in [0.5, 0.6) is 0 Å². The molecule has 1 heterocycles. The van der Waals surface area contributed by atoms with Gasteiger partial charge in [0.25, 0.3) is 0 Å². The van der Waals surface area contributed by atoms with Gasteiger partial charge in [-0.05, 0) is 31.8 Å². The first-order chi connectivity index (χ1) is 6.13. The molecule has 0 aliphatic carbocycles. The van der Waals surface area contributed by atoms with E-state index in [1.165, 1.54) is 0 Å². The molecule has 0 aromatic rings. The third kappa shape index (κ3) is 3.19. The SMILES string of the molecule is CN1CCC(CO)C(CC(F)F)C1. The lowest BCUT2D eigenvalue weighted by Gasteiger charge is -2.35. The maximum absolute atomic E-state index is 12.2. The minimum absolute atomic E-state index is 0.0382. The summed E-state index contributed by atoms with van der Waals surface area (Å²) >= 11 is 0. The predicted molar refractivity (Wildman–Crippen MR) is 46.8 cm³/mol. The lowest BCUT2D eigenvalue weighted by Crippen LogP contribution is -2.40. The van der Waals surface area contributed by atoms with Crippen LogP contribution in [0.2, 0.25) is 0 Å². The van der Waals surface area contributed by atoms with E-state index in [4.69, 9.17) is 5.11 Å². The molecule has 1 aliphatic rings. The second kappa shape index (κ2) is 4.86. The van der Waals surface area contributed by atoms with Crippen molar-refractivity contribution in [3.8, 4) is 0 Å². The number of alkyl halides is 2. The van der Waals surface area contributed by atoms with E-state index in [9.17, 15) is 8.78 Å². The molecule has 0 radical (unpaired) electrons. The van der Waals surface area contributed by atoms with Crippen LogP contribution in [-0.2, 0) is 0 Å². The average Bonchev–Trinajstić information content (AvgIpc) is 2.03. The molecule has 1 rings (SSSR count). The van der Waals surface area contributed by atoms with Crippen LogP contribution in [-0.4, -0.2) is 43.2 Å². The lowest BCUT2D eigenvalue weighted by atomic mass is 9.84. The van der Waals surface area contributed by atoms with Crippen LogP contribution in [0, 0.1) is 11.8 Å².